The van der Waals surface area contributed by atoms with E-state index in [0.717, 1.165) is 44.9 Å². The van der Waals surface area contributed by atoms with Gasteiger partial charge in [0.25, 0.3) is 0 Å². The number of allylic oxidation sites excluding steroid dienone is 1. The molecule has 148 valence electrons. The maximum Gasteiger partial charge on any atom is 1.00 e. The van der Waals surface area contributed by atoms with Crippen molar-refractivity contribution in [3.63, 3.8) is 0 Å². The third-order valence-electron chi connectivity index (χ3n) is 8.70. The average Bonchev–Trinajstić information content (AvgIpc) is 2.89. The van der Waals surface area contributed by atoms with Crippen LogP contribution in [0.2, 0.25) is 0 Å². The van der Waals surface area contributed by atoms with Crippen LogP contribution in [0.15, 0.2) is 11.6 Å². The maximum absolute atomic E-state index is 10.9. The molecule has 0 aliphatic heterocycles. The van der Waals surface area contributed by atoms with Crippen molar-refractivity contribution in [2.24, 2.45) is 34.5 Å². The van der Waals surface area contributed by atoms with Gasteiger partial charge in [0, 0.05) is 0 Å². The van der Waals surface area contributed by atoms with Crippen LogP contribution in [0.5, 0.6) is 0 Å². The third kappa shape index (κ3) is 3.85. The fourth-order valence-electron chi connectivity index (χ4n) is 7.26. The minimum atomic E-state index is -4.61. The summed E-state index contributed by atoms with van der Waals surface area (Å²) in [6.07, 6.45) is 10.3. The van der Waals surface area contributed by atoms with Gasteiger partial charge in [-0.3, -0.25) is 4.18 Å². The van der Waals surface area contributed by atoms with E-state index in [9.17, 15) is 18.1 Å². The van der Waals surface area contributed by atoms with Crippen LogP contribution in [0.3, 0.4) is 0 Å². The molecule has 4 aliphatic rings. The number of fused-ring (bicyclic) bond motifs is 5. The second-order valence-electron chi connectivity index (χ2n) is 9.64. The molecule has 3 saturated carbocycles. The number of aliphatic hydroxyl groups excluding tert-OH is 1. The minimum absolute atomic E-state index is 0. The summed E-state index contributed by atoms with van der Waals surface area (Å²) in [5, 5.41) is 10.0. The van der Waals surface area contributed by atoms with Gasteiger partial charge in [0.1, 0.15) is 0 Å². The molecule has 0 aromatic carbocycles. The van der Waals surface area contributed by atoms with Crippen molar-refractivity contribution in [1.29, 1.82) is 0 Å². The molecule has 0 heterocycles. The predicted molar refractivity (Wildman–Crippen MR) is 96.8 cm³/mol. The standard InChI is InChI=1S/C20H32O5S.Na/c1-19-9-7-15(21)11-13(19)3-5-16-17-6-4-14(12-25-26(22,23)24)20(17,2)10-8-18(16)19;/h11,14-18,21H,3-10,12H2,1-2H3,(H,22,23,24);/q;+1/p-1/t14-,15+,16+,17+,18+,19+,20-;/m1./s1. The van der Waals surface area contributed by atoms with Crippen LogP contribution in [-0.4, -0.2) is 30.8 Å². The molecule has 0 amide bonds. The average molecular weight is 407 g/mol. The minimum Gasteiger partial charge on any atom is -0.726 e. The van der Waals surface area contributed by atoms with Gasteiger partial charge in [-0.05, 0) is 85.9 Å². The summed E-state index contributed by atoms with van der Waals surface area (Å²) in [7, 11) is -4.61. The van der Waals surface area contributed by atoms with Crippen molar-refractivity contribution < 1.29 is 51.8 Å². The van der Waals surface area contributed by atoms with Crippen LogP contribution < -0.4 is 29.6 Å². The smallest absolute Gasteiger partial charge is 0.726 e. The monoisotopic (exact) mass is 406 g/mol. The molecule has 0 unspecified atom stereocenters. The van der Waals surface area contributed by atoms with Crippen LogP contribution in [0.1, 0.15) is 65.2 Å². The third-order valence-corrected chi connectivity index (χ3v) is 9.12. The summed E-state index contributed by atoms with van der Waals surface area (Å²) in [6, 6.07) is 0. The van der Waals surface area contributed by atoms with Crippen molar-refractivity contribution in [2.75, 3.05) is 6.61 Å². The Morgan fingerprint density at radius 2 is 1.89 bits per heavy atom. The first-order valence-electron chi connectivity index (χ1n) is 10.1. The largest absolute Gasteiger partial charge is 1.00 e. The van der Waals surface area contributed by atoms with E-state index < -0.39 is 10.4 Å². The SMILES string of the molecule is C[C@]12CC[C@H]3[C@@H](CCC4=C[C@@H](O)CC[C@@]43C)[C@@H]1CC[C@@H]2COS(=O)(=O)[O-].[Na+]. The van der Waals surface area contributed by atoms with Crippen molar-refractivity contribution in [2.45, 2.75) is 71.3 Å². The second-order valence-corrected chi connectivity index (χ2v) is 10.7. The Morgan fingerprint density at radius 1 is 1.15 bits per heavy atom. The second kappa shape index (κ2) is 7.68. The molecular weight excluding hydrogens is 375 g/mol. The molecule has 4 aliphatic carbocycles. The Balaban J connectivity index is 0.00000210. The topological polar surface area (TPSA) is 86.7 Å². The zero-order valence-corrected chi connectivity index (χ0v) is 19.6. The molecule has 1 N–H and O–H groups in total. The Kier molecular flexibility index (Phi) is 6.33. The van der Waals surface area contributed by atoms with Gasteiger partial charge in [0.15, 0.2) is 0 Å². The van der Waals surface area contributed by atoms with Gasteiger partial charge in [-0.2, -0.15) is 0 Å². The zero-order chi connectivity index (χ0) is 18.7. The fourth-order valence-corrected chi connectivity index (χ4v) is 7.59. The molecular formula is C20H31NaO5S. The van der Waals surface area contributed by atoms with Gasteiger partial charge in [-0.1, -0.05) is 25.5 Å². The molecule has 4 rings (SSSR count). The summed E-state index contributed by atoms with van der Waals surface area (Å²) in [6.45, 7) is 4.75. The first-order valence-corrected chi connectivity index (χ1v) is 11.5. The van der Waals surface area contributed by atoms with E-state index in [0.29, 0.717) is 17.8 Å². The van der Waals surface area contributed by atoms with Gasteiger partial charge >= 0.3 is 29.6 Å². The normalized spacial score (nSPS) is 46.5. The molecule has 27 heavy (non-hydrogen) atoms. The fraction of sp³-hybridized carbons (Fsp3) is 0.900. The van der Waals surface area contributed by atoms with E-state index >= 15 is 0 Å². The summed E-state index contributed by atoms with van der Waals surface area (Å²) < 4.78 is 37.4. The van der Waals surface area contributed by atoms with Gasteiger partial charge < -0.3 is 9.66 Å². The number of hydrogen-bond donors (Lipinski definition) is 1. The predicted octanol–water partition coefficient (Wildman–Crippen LogP) is 0.407. The summed E-state index contributed by atoms with van der Waals surface area (Å²) in [5.74, 6) is 2.08. The Hall–Kier alpha value is 0.570. The summed E-state index contributed by atoms with van der Waals surface area (Å²) >= 11 is 0. The van der Waals surface area contributed by atoms with Crippen LogP contribution in [0, 0.1) is 34.5 Å². The molecule has 5 nitrogen and oxygen atoms in total. The van der Waals surface area contributed by atoms with Crippen molar-refractivity contribution in [3.05, 3.63) is 11.6 Å². The summed E-state index contributed by atoms with van der Waals surface area (Å²) in [4.78, 5) is 0. The number of rotatable bonds is 3. The Bertz CT molecular complexity index is 707. The summed E-state index contributed by atoms with van der Waals surface area (Å²) in [5.41, 5.74) is 1.77. The van der Waals surface area contributed by atoms with Crippen LogP contribution >= 0.6 is 0 Å². The van der Waals surface area contributed by atoms with Gasteiger partial charge in [-0.15, -0.1) is 0 Å². The van der Waals surface area contributed by atoms with Crippen LogP contribution in [0.25, 0.3) is 0 Å². The van der Waals surface area contributed by atoms with E-state index in [-0.39, 0.29) is 59.0 Å². The van der Waals surface area contributed by atoms with Gasteiger partial charge in [0.05, 0.1) is 12.7 Å². The van der Waals surface area contributed by atoms with E-state index in [2.05, 4.69) is 24.1 Å². The van der Waals surface area contributed by atoms with E-state index in [1.807, 2.05) is 0 Å². The molecule has 0 spiro atoms. The molecule has 3 fully saturated rings. The van der Waals surface area contributed by atoms with E-state index in [1.165, 1.54) is 12.0 Å². The molecule has 0 aromatic heterocycles. The van der Waals surface area contributed by atoms with Crippen molar-refractivity contribution >= 4 is 10.4 Å². The van der Waals surface area contributed by atoms with Gasteiger partial charge in [-0.25, -0.2) is 8.42 Å². The van der Waals surface area contributed by atoms with Crippen molar-refractivity contribution in [3.8, 4) is 0 Å². The first-order chi connectivity index (χ1) is 12.1. The molecule has 0 saturated heterocycles. The Labute approximate surface area is 185 Å². The number of aliphatic hydroxyl groups is 1. The maximum atomic E-state index is 10.9. The van der Waals surface area contributed by atoms with Crippen LogP contribution in [0.4, 0.5) is 0 Å². The number of hydrogen-bond acceptors (Lipinski definition) is 5. The quantitative estimate of drug-likeness (QED) is 0.317. The van der Waals surface area contributed by atoms with Gasteiger partial charge in [0.2, 0.25) is 10.4 Å². The van der Waals surface area contributed by atoms with Crippen LogP contribution in [-0.2, 0) is 14.6 Å². The molecule has 7 atom stereocenters. The van der Waals surface area contributed by atoms with E-state index in [1.54, 1.807) is 0 Å². The molecule has 0 bridgehead atoms. The van der Waals surface area contributed by atoms with Crippen molar-refractivity contribution in [1.82, 2.24) is 0 Å². The zero-order valence-electron chi connectivity index (χ0n) is 16.8. The molecule has 7 heteroatoms. The molecule has 0 radical (unpaired) electrons. The first kappa shape index (κ1) is 22.3. The Morgan fingerprint density at radius 3 is 2.59 bits per heavy atom. The molecule has 0 aromatic rings. The van der Waals surface area contributed by atoms with E-state index in [4.69, 9.17) is 0 Å².